The van der Waals surface area contributed by atoms with Crippen LogP contribution in [0.25, 0.3) is 0 Å². The molecule has 26 heavy (non-hydrogen) atoms. The molecular weight excluding hydrogens is 340 g/mol. The van der Waals surface area contributed by atoms with Crippen molar-refractivity contribution in [1.82, 2.24) is 5.32 Å². The Hall–Kier alpha value is -2.64. The number of anilines is 1. The third kappa shape index (κ3) is 4.30. The SMILES string of the molecule is COc1cc(NC(=O)NC2CCC(C(=O)O)CC2)c(OC)c(C)c1OC. The molecular formula is C18H26N2O6. The highest BCUT2D eigenvalue weighted by Crippen LogP contribution is 2.42. The highest BCUT2D eigenvalue weighted by atomic mass is 16.5. The lowest BCUT2D eigenvalue weighted by atomic mass is 9.86. The molecule has 0 aromatic heterocycles. The van der Waals surface area contributed by atoms with Gasteiger partial charge in [-0.1, -0.05) is 0 Å². The summed E-state index contributed by atoms with van der Waals surface area (Å²) in [5.74, 6) is 0.445. The van der Waals surface area contributed by atoms with Gasteiger partial charge in [-0.25, -0.2) is 4.79 Å². The van der Waals surface area contributed by atoms with E-state index in [0.29, 0.717) is 54.2 Å². The van der Waals surface area contributed by atoms with Gasteiger partial charge < -0.3 is 30.0 Å². The summed E-state index contributed by atoms with van der Waals surface area (Å²) in [6.07, 6.45) is 2.43. The maximum Gasteiger partial charge on any atom is 0.319 e. The number of hydrogen-bond acceptors (Lipinski definition) is 5. The number of hydrogen-bond donors (Lipinski definition) is 3. The topological polar surface area (TPSA) is 106 Å². The molecule has 1 saturated carbocycles. The molecule has 0 heterocycles. The lowest BCUT2D eigenvalue weighted by Gasteiger charge is -2.27. The van der Waals surface area contributed by atoms with E-state index < -0.39 is 5.97 Å². The number of nitrogens with one attached hydrogen (secondary N) is 2. The van der Waals surface area contributed by atoms with Gasteiger partial charge in [0.2, 0.25) is 0 Å². The van der Waals surface area contributed by atoms with Gasteiger partial charge in [0, 0.05) is 17.7 Å². The molecule has 1 fully saturated rings. The van der Waals surface area contributed by atoms with E-state index in [-0.39, 0.29) is 18.0 Å². The molecule has 144 valence electrons. The fraction of sp³-hybridized carbons (Fsp3) is 0.556. The highest BCUT2D eigenvalue weighted by molar-refractivity contribution is 5.92. The zero-order valence-electron chi connectivity index (χ0n) is 15.5. The van der Waals surface area contributed by atoms with E-state index in [0.717, 1.165) is 0 Å². The van der Waals surface area contributed by atoms with Crippen LogP contribution in [-0.4, -0.2) is 44.5 Å². The minimum atomic E-state index is -0.765. The first-order valence-corrected chi connectivity index (χ1v) is 8.51. The number of benzene rings is 1. The van der Waals surface area contributed by atoms with Gasteiger partial charge in [-0.2, -0.15) is 0 Å². The molecule has 0 aliphatic heterocycles. The molecule has 0 atom stereocenters. The van der Waals surface area contributed by atoms with Crippen LogP contribution >= 0.6 is 0 Å². The summed E-state index contributed by atoms with van der Waals surface area (Å²) in [5, 5.41) is 14.7. The van der Waals surface area contributed by atoms with Crippen LogP contribution in [0.1, 0.15) is 31.2 Å². The van der Waals surface area contributed by atoms with E-state index in [4.69, 9.17) is 19.3 Å². The monoisotopic (exact) mass is 366 g/mol. The van der Waals surface area contributed by atoms with Gasteiger partial charge in [-0.05, 0) is 32.6 Å². The number of rotatable bonds is 6. The summed E-state index contributed by atoms with van der Waals surface area (Å²) in [4.78, 5) is 23.4. The van der Waals surface area contributed by atoms with Gasteiger partial charge in [-0.15, -0.1) is 0 Å². The molecule has 1 aromatic rings. The average Bonchev–Trinajstić information content (AvgIpc) is 2.61. The van der Waals surface area contributed by atoms with Crippen LogP contribution < -0.4 is 24.8 Å². The largest absolute Gasteiger partial charge is 0.494 e. The molecule has 0 bridgehead atoms. The van der Waals surface area contributed by atoms with Crippen LogP contribution in [0.3, 0.4) is 0 Å². The molecule has 0 saturated heterocycles. The van der Waals surface area contributed by atoms with Gasteiger partial charge >= 0.3 is 12.0 Å². The van der Waals surface area contributed by atoms with Crippen LogP contribution in [0.5, 0.6) is 17.2 Å². The first-order valence-electron chi connectivity index (χ1n) is 8.51. The van der Waals surface area contributed by atoms with Crippen LogP contribution in [0, 0.1) is 12.8 Å². The average molecular weight is 366 g/mol. The lowest BCUT2D eigenvalue weighted by Crippen LogP contribution is -2.41. The summed E-state index contributed by atoms with van der Waals surface area (Å²) < 4.78 is 16.1. The Labute approximate surface area is 152 Å². The molecule has 1 aliphatic carbocycles. The number of aliphatic carboxylic acids is 1. The fourth-order valence-corrected chi connectivity index (χ4v) is 3.34. The highest BCUT2D eigenvalue weighted by Gasteiger charge is 2.27. The van der Waals surface area contributed by atoms with E-state index in [2.05, 4.69) is 10.6 Å². The maximum atomic E-state index is 12.4. The van der Waals surface area contributed by atoms with E-state index >= 15 is 0 Å². The molecule has 2 amide bonds. The third-order valence-electron chi connectivity index (χ3n) is 4.71. The van der Waals surface area contributed by atoms with Gasteiger partial charge in [0.1, 0.15) is 5.75 Å². The second kappa shape index (κ2) is 8.64. The molecule has 8 heteroatoms. The van der Waals surface area contributed by atoms with Gasteiger partial charge in [0.05, 0.1) is 32.9 Å². The molecule has 1 aliphatic rings. The van der Waals surface area contributed by atoms with E-state index in [1.807, 2.05) is 6.92 Å². The first kappa shape index (κ1) is 19.7. The van der Waals surface area contributed by atoms with Gasteiger partial charge in [0.25, 0.3) is 0 Å². The zero-order valence-corrected chi connectivity index (χ0v) is 15.5. The number of carboxylic acid groups (broad SMARTS) is 1. The number of urea groups is 1. The van der Waals surface area contributed by atoms with E-state index in [9.17, 15) is 9.59 Å². The molecule has 0 radical (unpaired) electrons. The summed E-state index contributed by atoms with van der Waals surface area (Å²) in [5.41, 5.74) is 1.19. The van der Waals surface area contributed by atoms with Crippen molar-refractivity contribution >= 4 is 17.7 Å². The fourth-order valence-electron chi connectivity index (χ4n) is 3.34. The number of carboxylic acids is 1. The van der Waals surface area contributed by atoms with E-state index in [1.54, 1.807) is 6.07 Å². The standard InChI is InChI=1S/C18H26N2O6/c1-10-15(25-3)13(9-14(24-2)16(10)26-4)20-18(23)19-12-7-5-11(6-8-12)17(21)22/h9,11-12H,5-8H2,1-4H3,(H,21,22)(H2,19,20,23). The zero-order chi connectivity index (χ0) is 19.3. The molecule has 1 aromatic carbocycles. The van der Waals surface area contributed by atoms with Crippen LogP contribution in [0.15, 0.2) is 6.07 Å². The second-order valence-electron chi connectivity index (χ2n) is 6.30. The Morgan fingerprint density at radius 1 is 1.04 bits per heavy atom. The van der Waals surface area contributed by atoms with Gasteiger partial charge in [0.15, 0.2) is 11.5 Å². The van der Waals surface area contributed by atoms with Crippen molar-refractivity contribution in [3.63, 3.8) is 0 Å². The van der Waals surface area contributed by atoms with Crippen molar-refractivity contribution in [2.45, 2.75) is 38.6 Å². The van der Waals surface area contributed by atoms with Crippen molar-refractivity contribution in [3.05, 3.63) is 11.6 Å². The smallest absolute Gasteiger partial charge is 0.319 e. The summed E-state index contributed by atoms with van der Waals surface area (Å²) in [7, 11) is 4.58. The predicted octanol–water partition coefficient (Wildman–Crippen LogP) is 2.79. The van der Waals surface area contributed by atoms with Crippen LogP contribution in [-0.2, 0) is 4.79 Å². The Bertz CT molecular complexity index is 668. The number of methoxy groups -OCH3 is 3. The molecule has 0 unspecified atom stereocenters. The summed E-state index contributed by atoms with van der Waals surface area (Å²) in [6, 6.07) is 1.23. The summed E-state index contributed by atoms with van der Waals surface area (Å²) in [6.45, 7) is 1.82. The van der Waals surface area contributed by atoms with Crippen LogP contribution in [0.2, 0.25) is 0 Å². The lowest BCUT2D eigenvalue weighted by molar-refractivity contribution is -0.142. The summed E-state index contributed by atoms with van der Waals surface area (Å²) >= 11 is 0. The minimum Gasteiger partial charge on any atom is -0.494 e. The number of carbonyl (C=O) groups excluding carboxylic acids is 1. The maximum absolute atomic E-state index is 12.4. The van der Waals surface area contributed by atoms with Crippen molar-refractivity contribution < 1.29 is 28.9 Å². The van der Waals surface area contributed by atoms with Crippen LogP contribution in [0.4, 0.5) is 10.5 Å². The number of amides is 2. The quantitative estimate of drug-likeness (QED) is 0.715. The Morgan fingerprint density at radius 2 is 1.65 bits per heavy atom. The first-order chi connectivity index (χ1) is 12.4. The van der Waals surface area contributed by atoms with Gasteiger partial charge in [-0.3, -0.25) is 4.79 Å². The minimum absolute atomic E-state index is 0.0437. The number of ether oxygens (including phenoxy) is 3. The predicted molar refractivity (Wildman–Crippen MR) is 96.4 cm³/mol. The number of carbonyl (C=O) groups is 2. The second-order valence-corrected chi connectivity index (χ2v) is 6.30. The normalized spacial score (nSPS) is 19.4. The molecule has 8 nitrogen and oxygen atoms in total. The van der Waals surface area contributed by atoms with Crippen molar-refractivity contribution in [3.8, 4) is 17.2 Å². The molecule has 0 spiro atoms. The Kier molecular flexibility index (Phi) is 6.54. The van der Waals surface area contributed by atoms with Crippen molar-refractivity contribution in [2.75, 3.05) is 26.6 Å². The van der Waals surface area contributed by atoms with Crippen molar-refractivity contribution in [1.29, 1.82) is 0 Å². The van der Waals surface area contributed by atoms with E-state index in [1.165, 1.54) is 21.3 Å². The Morgan fingerprint density at radius 3 is 2.15 bits per heavy atom. The Balaban J connectivity index is 2.07. The molecule has 2 rings (SSSR count). The molecule has 3 N–H and O–H groups in total. The third-order valence-corrected chi connectivity index (χ3v) is 4.71. The van der Waals surface area contributed by atoms with Crippen molar-refractivity contribution in [2.24, 2.45) is 5.92 Å².